The monoisotopic (exact) mass is 519 g/mol. The van der Waals surface area contributed by atoms with E-state index in [1.54, 1.807) is 24.0 Å². The standard InChI is InChI=1S/C28H30FN5O2S/c1-18-15-21(17-32-24(18)30-2)33-26(36)28(12-6-13-28)34(27(33)37)20-10-11-22(23(29)16-20)25(35)31-14-5-9-19-7-3-4-8-19/h10-11,15-17,19H,3-9,12-14H2,1H3,(H,31,35). The molecule has 2 aliphatic carbocycles. The molecule has 1 spiro atoms. The first-order valence-electron chi connectivity index (χ1n) is 13.0. The molecule has 0 bridgehead atoms. The summed E-state index contributed by atoms with van der Waals surface area (Å²) in [5.74, 6) is -0.232. The van der Waals surface area contributed by atoms with Crippen molar-refractivity contribution in [2.45, 2.75) is 70.3 Å². The number of hydrogen-bond acceptors (Lipinski definition) is 4. The third-order valence-electron chi connectivity index (χ3n) is 8.00. The van der Waals surface area contributed by atoms with Gasteiger partial charge in [0, 0.05) is 12.2 Å². The van der Waals surface area contributed by atoms with Crippen molar-refractivity contribution in [3.63, 3.8) is 0 Å². The number of carbonyl (C=O) groups is 2. The number of rotatable bonds is 7. The first kappa shape index (κ1) is 25.3. The lowest BCUT2D eigenvalue weighted by molar-refractivity contribution is -0.123. The average molecular weight is 520 g/mol. The fourth-order valence-electron chi connectivity index (χ4n) is 5.81. The van der Waals surface area contributed by atoms with Crippen molar-refractivity contribution in [1.29, 1.82) is 0 Å². The minimum absolute atomic E-state index is 0.0184. The fourth-order valence-corrected chi connectivity index (χ4v) is 6.28. The number of anilines is 2. The molecule has 5 rings (SSSR count). The predicted molar refractivity (Wildman–Crippen MR) is 144 cm³/mol. The van der Waals surface area contributed by atoms with Gasteiger partial charge in [-0.2, -0.15) is 0 Å². The van der Waals surface area contributed by atoms with Gasteiger partial charge in [0.15, 0.2) is 5.11 Å². The molecule has 1 saturated heterocycles. The van der Waals surface area contributed by atoms with Gasteiger partial charge in [0.25, 0.3) is 17.6 Å². The third-order valence-corrected chi connectivity index (χ3v) is 8.36. The van der Waals surface area contributed by atoms with Gasteiger partial charge in [-0.25, -0.2) is 4.39 Å². The molecule has 3 aliphatic rings. The second-order valence-corrected chi connectivity index (χ2v) is 10.7. The number of benzene rings is 1. The molecular weight excluding hydrogens is 489 g/mol. The number of hydrogen-bond donors (Lipinski definition) is 1. The molecular formula is C28H30FN5O2S. The fraction of sp³-hybridized carbons (Fsp3) is 0.464. The Morgan fingerprint density at radius 3 is 2.62 bits per heavy atom. The van der Waals surface area contributed by atoms with Crippen molar-refractivity contribution in [3.8, 4) is 0 Å². The number of aromatic nitrogens is 1. The molecule has 2 heterocycles. The first-order valence-corrected chi connectivity index (χ1v) is 13.4. The minimum atomic E-state index is -0.875. The smallest absolute Gasteiger partial charge is 0.272 e. The molecule has 2 amide bonds. The number of aryl methyl sites for hydroxylation is 1. The van der Waals surface area contributed by atoms with Crippen LogP contribution in [0.15, 0.2) is 30.5 Å². The van der Waals surface area contributed by atoms with Crippen molar-refractivity contribution in [1.82, 2.24) is 10.3 Å². The van der Waals surface area contributed by atoms with Crippen LogP contribution in [0, 0.1) is 25.2 Å². The highest BCUT2D eigenvalue weighted by atomic mass is 32.1. The Morgan fingerprint density at radius 2 is 2.00 bits per heavy atom. The molecule has 192 valence electrons. The predicted octanol–water partition coefficient (Wildman–Crippen LogP) is 5.84. The molecule has 0 atom stereocenters. The molecule has 1 N–H and O–H groups in total. The maximum atomic E-state index is 15.2. The van der Waals surface area contributed by atoms with Gasteiger partial charge in [-0.3, -0.25) is 14.5 Å². The molecule has 9 heteroatoms. The molecule has 0 unspecified atom stereocenters. The number of nitrogens with zero attached hydrogens (tertiary/aromatic N) is 4. The molecule has 2 aromatic rings. The molecule has 37 heavy (non-hydrogen) atoms. The second-order valence-electron chi connectivity index (χ2n) is 10.3. The maximum absolute atomic E-state index is 15.2. The summed E-state index contributed by atoms with van der Waals surface area (Å²) in [5, 5.41) is 3.08. The molecule has 1 aromatic carbocycles. The van der Waals surface area contributed by atoms with Gasteiger partial charge in [0.2, 0.25) is 0 Å². The van der Waals surface area contributed by atoms with E-state index in [9.17, 15) is 9.59 Å². The summed E-state index contributed by atoms with van der Waals surface area (Å²) in [6, 6.07) is 6.14. The number of pyridine rings is 1. The van der Waals surface area contributed by atoms with E-state index in [-0.39, 0.29) is 22.4 Å². The molecule has 1 aliphatic heterocycles. The summed E-state index contributed by atoms with van der Waals surface area (Å²) in [5.41, 5.74) is 0.685. The highest BCUT2D eigenvalue weighted by Gasteiger charge is 2.59. The van der Waals surface area contributed by atoms with Crippen LogP contribution in [0.2, 0.25) is 0 Å². The van der Waals surface area contributed by atoms with Crippen LogP contribution in [0.1, 0.15) is 73.7 Å². The summed E-state index contributed by atoms with van der Waals surface area (Å²) in [7, 11) is 0. The minimum Gasteiger partial charge on any atom is -0.360 e. The Hall–Kier alpha value is -3.38. The molecule has 2 saturated carbocycles. The lowest BCUT2D eigenvalue weighted by Gasteiger charge is -2.43. The Labute approximate surface area is 221 Å². The van der Waals surface area contributed by atoms with Crippen molar-refractivity contribution in [3.05, 3.63) is 58.8 Å². The highest BCUT2D eigenvalue weighted by molar-refractivity contribution is 7.81. The van der Waals surface area contributed by atoms with Gasteiger partial charge in [0.1, 0.15) is 17.6 Å². The summed E-state index contributed by atoms with van der Waals surface area (Å²) >= 11 is 5.74. The first-order chi connectivity index (χ1) is 17.9. The second kappa shape index (κ2) is 10.2. The zero-order valence-electron chi connectivity index (χ0n) is 20.9. The molecule has 0 radical (unpaired) electrons. The lowest BCUT2D eigenvalue weighted by atomic mass is 9.75. The van der Waals surface area contributed by atoms with Gasteiger partial charge in [-0.1, -0.05) is 32.3 Å². The number of carbonyl (C=O) groups excluding carboxylic acids is 2. The Kier molecular flexibility index (Phi) is 6.95. The zero-order chi connectivity index (χ0) is 26.2. The van der Waals surface area contributed by atoms with Crippen LogP contribution in [0.5, 0.6) is 0 Å². The highest BCUT2D eigenvalue weighted by Crippen LogP contribution is 2.48. The Balaban J connectivity index is 1.34. The lowest BCUT2D eigenvalue weighted by Crippen LogP contribution is -2.55. The van der Waals surface area contributed by atoms with E-state index in [2.05, 4.69) is 15.1 Å². The van der Waals surface area contributed by atoms with E-state index in [0.29, 0.717) is 36.3 Å². The molecule has 1 aromatic heterocycles. The topological polar surface area (TPSA) is 69.9 Å². The van der Waals surface area contributed by atoms with E-state index in [4.69, 9.17) is 18.8 Å². The molecule has 7 nitrogen and oxygen atoms in total. The quantitative estimate of drug-likeness (QED) is 0.283. The average Bonchev–Trinajstić information content (AvgIpc) is 3.45. The number of nitrogens with one attached hydrogen (secondary N) is 1. The summed E-state index contributed by atoms with van der Waals surface area (Å²) in [6.45, 7) is 9.51. The van der Waals surface area contributed by atoms with Gasteiger partial charge in [-0.05, 0) is 87.0 Å². The van der Waals surface area contributed by atoms with Gasteiger partial charge < -0.3 is 15.1 Å². The van der Waals surface area contributed by atoms with Crippen LogP contribution in [0.3, 0.4) is 0 Å². The van der Waals surface area contributed by atoms with Crippen LogP contribution < -0.4 is 15.1 Å². The van der Waals surface area contributed by atoms with Crippen LogP contribution >= 0.6 is 12.2 Å². The van der Waals surface area contributed by atoms with Crippen LogP contribution in [-0.2, 0) is 4.79 Å². The van der Waals surface area contributed by atoms with E-state index in [0.717, 1.165) is 25.2 Å². The van der Waals surface area contributed by atoms with E-state index in [1.165, 1.54) is 48.9 Å². The largest absolute Gasteiger partial charge is 0.360 e. The summed E-state index contributed by atoms with van der Waals surface area (Å²) in [6.07, 6.45) is 10.6. The van der Waals surface area contributed by atoms with E-state index in [1.807, 2.05) is 0 Å². The third kappa shape index (κ3) is 4.48. The summed E-state index contributed by atoms with van der Waals surface area (Å²) in [4.78, 5) is 37.0. The zero-order valence-corrected chi connectivity index (χ0v) is 21.7. The Morgan fingerprint density at radius 1 is 1.24 bits per heavy atom. The number of amides is 2. The van der Waals surface area contributed by atoms with Crippen LogP contribution in [0.4, 0.5) is 21.6 Å². The maximum Gasteiger partial charge on any atom is 0.272 e. The van der Waals surface area contributed by atoms with E-state index < -0.39 is 17.3 Å². The van der Waals surface area contributed by atoms with Gasteiger partial charge >= 0.3 is 0 Å². The van der Waals surface area contributed by atoms with Crippen LogP contribution in [0.25, 0.3) is 4.85 Å². The van der Waals surface area contributed by atoms with Crippen LogP contribution in [-0.4, -0.2) is 34.0 Å². The SMILES string of the molecule is [C-]#[N+]c1ncc(N2C(=O)C3(CCC3)N(c3ccc(C(=O)NCCCC4CCCC4)c(F)c3)C2=S)cc1C. The number of halogens is 1. The van der Waals surface area contributed by atoms with Gasteiger partial charge in [0.05, 0.1) is 11.3 Å². The summed E-state index contributed by atoms with van der Waals surface area (Å²) < 4.78 is 15.2. The van der Waals surface area contributed by atoms with Crippen molar-refractivity contribution < 1.29 is 14.0 Å². The van der Waals surface area contributed by atoms with E-state index >= 15 is 4.39 Å². The van der Waals surface area contributed by atoms with Gasteiger partial charge in [-0.15, -0.1) is 4.98 Å². The van der Waals surface area contributed by atoms with Crippen molar-refractivity contribution in [2.75, 3.05) is 16.3 Å². The van der Waals surface area contributed by atoms with Crippen molar-refractivity contribution >= 4 is 46.3 Å². The Bertz CT molecular complexity index is 1300. The molecule has 3 fully saturated rings. The van der Waals surface area contributed by atoms with Crippen molar-refractivity contribution in [2.24, 2.45) is 5.92 Å². The normalized spacial score (nSPS) is 18.8. The number of thiocarbonyl (C=S) groups is 1.